The largest absolute Gasteiger partial charge is 0.397 e. The molecule has 0 aliphatic carbocycles. The maximum Gasteiger partial charge on any atom is 0.0504 e. The van der Waals surface area contributed by atoms with Crippen molar-refractivity contribution in [3.05, 3.63) is 23.5 Å². The summed E-state index contributed by atoms with van der Waals surface area (Å²) in [6, 6.07) is 1.84. The third-order valence-corrected chi connectivity index (χ3v) is 1.64. The zero-order chi connectivity index (χ0) is 7.56. The molecule has 0 aromatic carbocycles. The number of pyridine rings is 1. The monoisotopic (exact) mass is 156 g/mol. The number of nitrogens with zero attached hydrogens (tertiary/aromatic N) is 1. The van der Waals surface area contributed by atoms with Crippen molar-refractivity contribution >= 4 is 17.3 Å². The van der Waals surface area contributed by atoms with Crippen molar-refractivity contribution < 1.29 is 0 Å². The van der Waals surface area contributed by atoms with Crippen LogP contribution in [0.25, 0.3) is 0 Å². The van der Waals surface area contributed by atoms with Crippen LogP contribution in [0, 0.1) is 6.92 Å². The van der Waals surface area contributed by atoms with Crippen LogP contribution in [0.5, 0.6) is 0 Å². The van der Waals surface area contributed by atoms with Gasteiger partial charge in [0.25, 0.3) is 0 Å². The van der Waals surface area contributed by atoms with Crippen LogP contribution in [0.1, 0.15) is 11.3 Å². The predicted molar refractivity (Wildman–Crippen MR) is 42.9 cm³/mol. The Labute approximate surface area is 65.0 Å². The average molecular weight is 157 g/mol. The summed E-state index contributed by atoms with van der Waals surface area (Å²) < 4.78 is 0. The van der Waals surface area contributed by atoms with Crippen LogP contribution in [0.15, 0.2) is 12.3 Å². The van der Waals surface area contributed by atoms with E-state index in [1.165, 1.54) is 0 Å². The Hall–Kier alpha value is -0.760. The standard InChI is InChI=1S/C7H9ClN2/c1-5-6(3-8)2-7(9)4-10-5/h2,4H,3,9H2,1H3. The number of aromatic nitrogens is 1. The lowest BCUT2D eigenvalue weighted by molar-refractivity contribution is 1.14. The third kappa shape index (κ3) is 1.39. The first-order valence-corrected chi connectivity index (χ1v) is 3.54. The van der Waals surface area contributed by atoms with Gasteiger partial charge < -0.3 is 5.73 Å². The smallest absolute Gasteiger partial charge is 0.0504 e. The number of hydrogen-bond acceptors (Lipinski definition) is 2. The zero-order valence-electron chi connectivity index (χ0n) is 5.76. The molecule has 1 aromatic heterocycles. The summed E-state index contributed by atoms with van der Waals surface area (Å²) in [6.45, 7) is 1.91. The maximum atomic E-state index is 5.61. The summed E-state index contributed by atoms with van der Waals surface area (Å²) in [7, 11) is 0. The average Bonchev–Trinajstić information content (AvgIpc) is 1.94. The molecule has 2 N–H and O–H groups in total. The Morgan fingerprint density at radius 1 is 1.70 bits per heavy atom. The normalized spacial score (nSPS) is 9.80. The van der Waals surface area contributed by atoms with Gasteiger partial charge in [-0.25, -0.2) is 0 Å². The lowest BCUT2D eigenvalue weighted by Crippen LogP contribution is -1.93. The molecule has 0 fully saturated rings. The summed E-state index contributed by atoms with van der Waals surface area (Å²) in [6.07, 6.45) is 1.63. The SMILES string of the molecule is Cc1ncc(N)cc1CCl. The van der Waals surface area contributed by atoms with E-state index in [1.54, 1.807) is 6.20 Å². The van der Waals surface area contributed by atoms with E-state index in [1.807, 2.05) is 13.0 Å². The number of alkyl halides is 1. The molecule has 0 amide bonds. The second kappa shape index (κ2) is 2.88. The van der Waals surface area contributed by atoms with Gasteiger partial charge in [0.1, 0.15) is 0 Å². The molecule has 1 heterocycles. The minimum atomic E-state index is 0.476. The molecule has 0 atom stereocenters. The van der Waals surface area contributed by atoms with Crippen LogP contribution in [-0.2, 0) is 5.88 Å². The van der Waals surface area contributed by atoms with Crippen LogP contribution in [0.4, 0.5) is 5.69 Å². The highest BCUT2D eigenvalue weighted by molar-refractivity contribution is 6.17. The lowest BCUT2D eigenvalue weighted by Gasteiger charge is -2.00. The molecule has 0 spiro atoms. The minimum Gasteiger partial charge on any atom is -0.397 e. The van der Waals surface area contributed by atoms with Gasteiger partial charge in [-0.2, -0.15) is 0 Å². The first kappa shape index (κ1) is 7.35. The molecule has 1 rings (SSSR count). The summed E-state index contributed by atoms with van der Waals surface area (Å²) in [5.41, 5.74) is 8.10. The Bertz CT molecular complexity index is 235. The van der Waals surface area contributed by atoms with Gasteiger partial charge in [-0.05, 0) is 18.6 Å². The quantitative estimate of drug-likeness (QED) is 0.629. The summed E-state index contributed by atoms with van der Waals surface area (Å²) >= 11 is 5.61. The molecular weight excluding hydrogens is 148 g/mol. The maximum absolute atomic E-state index is 5.61. The van der Waals surface area contributed by atoms with Crippen molar-refractivity contribution in [1.29, 1.82) is 0 Å². The number of nitrogen functional groups attached to an aromatic ring is 1. The molecule has 0 saturated carbocycles. The van der Waals surface area contributed by atoms with E-state index in [2.05, 4.69) is 4.98 Å². The second-order valence-electron chi connectivity index (χ2n) is 2.15. The highest BCUT2D eigenvalue weighted by atomic mass is 35.5. The van der Waals surface area contributed by atoms with Gasteiger partial charge in [0, 0.05) is 11.6 Å². The molecule has 0 unspecified atom stereocenters. The third-order valence-electron chi connectivity index (χ3n) is 1.36. The number of anilines is 1. The molecule has 0 bridgehead atoms. The van der Waals surface area contributed by atoms with Crippen molar-refractivity contribution in [3.8, 4) is 0 Å². The van der Waals surface area contributed by atoms with Gasteiger partial charge in [0.15, 0.2) is 0 Å². The first-order chi connectivity index (χ1) is 4.74. The number of nitrogens with two attached hydrogens (primary N) is 1. The van der Waals surface area contributed by atoms with Crippen LogP contribution in [0.3, 0.4) is 0 Å². The fourth-order valence-electron chi connectivity index (χ4n) is 0.732. The molecule has 10 heavy (non-hydrogen) atoms. The lowest BCUT2D eigenvalue weighted by atomic mass is 10.2. The Morgan fingerprint density at radius 2 is 2.40 bits per heavy atom. The topological polar surface area (TPSA) is 38.9 Å². The molecule has 1 aromatic rings. The number of halogens is 1. The van der Waals surface area contributed by atoms with Gasteiger partial charge in [0.05, 0.1) is 11.9 Å². The van der Waals surface area contributed by atoms with Gasteiger partial charge in [0.2, 0.25) is 0 Å². The fraction of sp³-hybridized carbons (Fsp3) is 0.286. The number of rotatable bonds is 1. The van der Waals surface area contributed by atoms with E-state index in [4.69, 9.17) is 17.3 Å². The highest BCUT2D eigenvalue weighted by Gasteiger charge is 1.96. The van der Waals surface area contributed by atoms with Crippen molar-refractivity contribution in [3.63, 3.8) is 0 Å². The molecule has 0 saturated heterocycles. The first-order valence-electron chi connectivity index (χ1n) is 3.01. The van der Waals surface area contributed by atoms with Gasteiger partial charge in [-0.1, -0.05) is 0 Å². The predicted octanol–water partition coefficient (Wildman–Crippen LogP) is 1.71. The van der Waals surface area contributed by atoms with Crippen LogP contribution < -0.4 is 5.73 Å². The van der Waals surface area contributed by atoms with E-state index in [9.17, 15) is 0 Å². The summed E-state index contributed by atoms with van der Waals surface area (Å²) in [5, 5.41) is 0. The Morgan fingerprint density at radius 3 is 2.90 bits per heavy atom. The second-order valence-corrected chi connectivity index (χ2v) is 2.41. The molecule has 0 aliphatic heterocycles. The van der Waals surface area contributed by atoms with Crippen LogP contribution in [-0.4, -0.2) is 4.98 Å². The van der Waals surface area contributed by atoms with Crippen LogP contribution in [0.2, 0.25) is 0 Å². The van der Waals surface area contributed by atoms with E-state index in [0.717, 1.165) is 11.3 Å². The fourth-order valence-corrected chi connectivity index (χ4v) is 1.00. The van der Waals surface area contributed by atoms with Gasteiger partial charge in [-0.3, -0.25) is 4.98 Å². The van der Waals surface area contributed by atoms with Gasteiger partial charge >= 0.3 is 0 Å². The minimum absolute atomic E-state index is 0.476. The van der Waals surface area contributed by atoms with E-state index < -0.39 is 0 Å². The number of hydrogen-bond donors (Lipinski definition) is 1. The van der Waals surface area contributed by atoms with E-state index >= 15 is 0 Å². The van der Waals surface area contributed by atoms with Crippen LogP contribution >= 0.6 is 11.6 Å². The molecule has 54 valence electrons. The summed E-state index contributed by atoms with van der Waals surface area (Å²) in [5.74, 6) is 0.476. The van der Waals surface area contributed by atoms with E-state index in [-0.39, 0.29) is 0 Å². The number of aryl methyl sites for hydroxylation is 1. The van der Waals surface area contributed by atoms with Crippen molar-refractivity contribution in [2.75, 3.05) is 5.73 Å². The van der Waals surface area contributed by atoms with Crippen molar-refractivity contribution in [2.24, 2.45) is 0 Å². The Balaban J connectivity index is 3.09. The van der Waals surface area contributed by atoms with E-state index in [0.29, 0.717) is 11.6 Å². The molecule has 2 nitrogen and oxygen atoms in total. The molecule has 3 heteroatoms. The zero-order valence-corrected chi connectivity index (χ0v) is 6.52. The summed E-state index contributed by atoms with van der Waals surface area (Å²) in [4.78, 5) is 4.04. The molecular formula is C7H9ClN2. The van der Waals surface area contributed by atoms with Crippen molar-refractivity contribution in [1.82, 2.24) is 4.98 Å². The van der Waals surface area contributed by atoms with Gasteiger partial charge in [-0.15, -0.1) is 11.6 Å². The van der Waals surface area contributed by atoms with Crippen molar-refractivity contribution in [2.45, 2.75) is 12.8 Å². The molecule has 0 radical (unpaired) electrons. The molecule has 0 aliphatic rings. The highest BCUT2D eigenvalue weighted by Crippen LogP contribution is 2.11. The Kier molecular flexibility index (Phi) is 2.12.